The Labute approximate surface area is 198 Å². The van der Waals surface area contributed by atoms with Crippen LogP contribution in [0.3, 0.4) is 0 Å². The third-order valence-electron chi connectivity index (χ3n) is 4.45. The molecule has 184 valence electrons. The Bertz CT molecular complexity index is 1220. The molecule has 0 saturated heterocycles. The quantitative estimate of drug-likeness (QED) is 0.354. The fourth-order valence-corrected chi connectivity index (χ4v) is 3.47. The molecule has 1 amide bonds. The van der Waals surface area contributed by atoms with E-state index in [0.717, 1.165) is 12.1 Å². The van der Waals surface area contributed by atoms with Crippen molar-refractivity contribution in [1.82, 2.24) is 24.8 Å². The first-order valence-electron chi connectivity index (χ1n) is 10.2. The summed E-state index contributed by atoms with van der Waals surface area (Å²) >= 11 is 5.91. The molecule has 13 heteroatoms. The molecule has 0 saturated carbocycles. The van der Waals surface area contributed by atoms with Gasteiger partial charge in [0.25, 0.3) is 0 Å². The largest absolute Gasteiger partial charge is 0.465 e. The van der Waals surface area contributed by atoms with Crippen LogP contribution < -0.4 is 16.0 Å². The predicted molar refractivity (Wildman–Crippen MR) is 124 cm³/mol. The first-order chi connectivity index (χ1) is 15.5. The molecule has 3 aromatic rings. The SMILES string of the molecule is CC(C)(C)Nc1ncc2nc(Nc3cc(Cl)cc(C(F)(F)F)c3)n(CC(C)(C)NC(=O)O)c2n1. The highest BCUT2D eigenvalue weighted by Gasteiger charge is 2.31. The van der Waals surface area contributed by atoms with Gasteiger partial charge in [0.2, 0.25) is 11.9 Å². The van der Waals surface area contributed by atoms with Gasteiger partial charge in [-0.15, -0.1) is 0 Å². The van der Waals surface area contributed by atoms with Gasteiger partial charge in [0.1, 0.15) is 5.52 Å². The van der Waals surface area contributed by atoms with Crippen LogP contribution >= 0.6 is 11.6 Å². The number of halogens is 4. The Balaban J connectivity index is 2.11. The minimum atomic E-state index is -4.59. The number of carbonyl (C=O) groups is 1. The number of nitrogens with one attached hydrogen (secondary N) is 3. The van der Waals surface area contributed by atoms with Gasteiger partial charge in [-0.05, 0) is 52.8 Å². The number of hydrogen-bond acceptors (Lipinski definition) is 6. The van der Waals surface area contributed by atoms with Gasteiger partial charge >= 0.3 is 12.3 Å². The molecule has 0 aliphatic rings. The summed E-state index contributed by atoms with van der Waals surface area (Å²) in [4.78, 5) is 24.5. The molecule has 3 rings (SSSR count). The Morgan fingerprint density at radius 1 is 1.12 bits per heavy atom. The summed E-state index contributed by atoms with van der Waals surface area (Å²) in [6.45, 7) is 9.18. The molecule has 0 spiro atoms. The number of fused-ring (bicyclic) bond motifs is 1. The Morgan fingerprint density at radius 3 is 2.38 bits per heavy atom. The van der Waals surface area contributed by atoms with Crippen LogP contribution in [0.15, 0.2) is 24.4 Å². The van der Waals surface area contributed by atoms with E-state index in [4.69, 9.17) is 11.6 Å². The van der Waals surface area contributed by atoms with E-state index in [2.05, 4.69) is 30.9 Å². The van der Waals surface area contributed by atoms with Crippen LogP contribution in [-0.2, 0) is 12.7 Å². The first kappa shape index (κ1) is 25.3. The van der Waals surface area contributed by atoms with E-state index in [1.165, 1.54) is 12.3 Å². The number of anilines is 3. The van der Waals surface area contributed by atoms with E-state index in [-0.39, 0.29) is 28.7 Å². The maximum atomic E-state index is 13.3. The average Bonchev–Trinajstić information content (AvgIpc) is 2.94. The summed E-state index contributed by atoms with van der Waals surface area (Å²) in [7, 11) is 0. The van der Waals surface area contributed by atoms with Crippen molar-refractivity contribution in [3.05, 3.63) is 35.0 Å². The van der Waals surface area contributed by atoms with E-state index < -0.39 is 23.4 Å². The Hall–Kier alpha value is -3.28. The number of hydrogen-bond donors (Lipinski definition) is 4. The van der Waals surface area contributed by atoms with Gasteiger partial charge in [0, 0.05) is 16.2 Å². The second-order valence-corrected chi connectivity index (χ2v) is 9.90. The maximum Gasteiger partial charge on any atom is 0.416 e. The number of carboxylic acid groups (broad SMARTS) is 1. The lowest BCUT2D eigenvalue weighted by Gasteiger charge is -2.26. The number of amides is 1. The molecule has 0 radical (unpaired) electrons. The molecule has 2 aromatic heterocycles. The number of benzene rings is 1. The van der Waals surface area contributed by atoms with Gasteiger partial charge in [0.05, 0.1) is 23.8 Å². The minimum absolute atomic E-state index is 0.0568. The number of aromatic nitrogens is 4. The van der Waals surface area contributed by atoms with Gasteiger partial charge < -0.3 is 21.1 Å². The summed E-state index contributed by atoms with van der Waals surface area (Å²) in [5.41, 5.74) is -1.44. The lowest BCUT2D eigenvalue weighted by atomic mass is 10.1. The van der Waals surface area contributed by atoms with E-state index in [0.29, 0.717) is 17.1 Å². The van der Waals surface area contributed by atoms with Crippen molar-refractivity contribution >= 4 is 46.4 Å². The van der Waals surface area contributed by atoms with Crippen LogP contribution in [0.1, 0.15) is 40.2 Å². The standard InChI is InChI=1S/C21H25ClF3N7O2/c1-19(2,3)30-16-26-9-14-15(29-16)32(10-20(4,5)31-18(33)34)17(28-14)27-13-7-11(21(23,24)25)6-12(22)8-13/h6-9,31H,10H2,1-5H3,(H,27,28)(H,33,34)(H,26,29,30). The van der Waals surface area contributed by atoms with Crippen LogP contribution in [0.2, 0.25) is 5.02 Å². The first-order valence-corrected chi connectivity index (χ1v) is 10.6. The highest BCUT2D eigenvalue weighted by Crippen LogP contribution is 2.34. The summed E-state index contributed by atoms with van der Waals surface area (Å²) in [5, 5.41) is 17.5. The lowest BCUT2D eigenvalue weighted by Crippen LogP contribution is -2.46. The number of imidazole rings is 1. The molecule has 0 unspecified atom stereocenters. The second kappa shape index (κ2) is 8.82. The van der Waals surface area contributed by atoms with Gasteiger partial charge in [-0.1, -0.05) is 11.6 Å². The van der Waals surface area contributed by atoms with Crippen molar-refractivity contribution in [2.24, 2.45) is 0 Å². The third-order valence-corrected chi connectivity index (χ3v) is 4.67. The highest BCUT2D eigenvalue weighted by molar-refractivity contribution is 6.31. The highest BCUT2D eigenvalue weighted by atomic mass is 35.5. The molecule has 34 heavy (non-hydrogen) atoms. The van der Waals surface area contributed by atoms with Crippen molar-refractivity contribution < 1.29 is 23.1 Å². The molecule has 0 aliphatic heterocycles. The minimum Gasteiger partial charge on any atom is -0.465 e. The van der Waals surface area contributed by atoms with E-state index in [9.17, 15) is 23.1 Å². The molecule has 0 atom stereocenters. The number of alkyl halides is 3. The normalized spacial score (nSPS) is 12.6. The van der Waals surface area contributed by atoms with Gasteiger partial charge in [-0.2, -0.15) is 18.2 Å². The molecule has 0 aliphatic carbocycles. The summed E-state index contributed by atoms with van der Waals surface area (Å²) in [5.74, 6) is 0.465. The molecule has 4 N–H and O–H groups in total. The van der Waals surface area contributed by atoms with E-state index in [1.807, 2.05) is 20.8 Å². The van der Waals surface area contributed by atoms with Gasteiger partial charge in [-0.3, -0.25) is 4.57 Å². The number of nitrogens with zero attached hydrogens (tertiary/aromatic N) is 4. The third kappa shape index (κ3) is 6.40. The molecule has 9 nitrogen and oxygen atoms in total. The summed E-state index contributed by atoms with van der Waals surface area (Å²) in [6, 6.07) is 3.07. The second-order valence-electron chi connectivity index (χ2n) is 9.46. The van der Waals surface area contributed by atoms with E-state index in [1.54, 1.807) is 18.4 Å². The predicted octanol–water partition coefficient (Wildman–Crippen LogP) is 5.50. The fourth-order valence-electron chi connectivity index (χ4n) is 3.24. The van der Waals surface area contributed by atoms with Crippen LogP contribution in [-0.4, -0.2) is 41.8 Å². The average molecular weight is 500 g/mol. The zero-order valence-electron chi connectivity index (χ0n) is 19.2. The van der Waals surface area contributed by atoms with E-state index >= 15 is 0 Å². The van der Waals surface area contributed by atoms with Crippen molar-refractivity contribution in [3.63, 3.8) is 0 Å². The summed E-state index contributed by atoms with van der Waals surface area (Å²) < 4.78 is 41.4. The molecule has 0 bridgehead atoms. The van der Waals surface area contributed by atoms with Gasteiger partial charge in [-0.25, -0.2) is 14.8 Å². The van der Waals surface area contributed by atoms with Crippen molar-refractivity contribution in [1.29, 1.82) is 0 Å². The van der Waals surface area contributed by atoms with Crippen molar-refractivity contribution in [3.8, 4) is 0 Å². The smallest absolute Gasteiger partial charge is 0.416 e. The van der Waals surface area contributed by atoms with Crippen LogP contribution in [0.5, 0.6) is 0 Å². The number of rotatable bonds is 6. The Kier molecular flexibility index (Phi) is 6.57. The summed E-state index contributed by atoms with van der Waals surface area (Å²) in [6.07, 6.45) is -4.33. The van der Waals surface area contributed by atoms with Crippen molar-refractivity contribution in [2.75, 3.05) is 10.6 Å². The maximum absolute atomic E-state index is 13.3. The molecule has 2 heterocycles. The van der Waals surface area contributed by atoms with Crippen LogP contribution in [0.4, 0.5) is 35.5 Å². The van der Waals surface area contributed by atoms with Gasteiger partial charge in [0.15, 0.2) is 5.65 Å². The zero-order valence-corrected chi connectivity index (χ0v) is 19.9. The monoisotopic (exact) mass is 499 g/mol. The molecular formula is C21H25ClF3N7O2. The zero-order chi connectivity index (χ0) is 25.5. The van der Waals surface area contributed by atoms with Crippen LogP contribution in [0.25, 0.3) is 11.2 Å². The molecular weight excluding hydrogens is 475 g/mol. The van der Waals surface area contributed by atoms with Crippen molar-refractivity contribution in [2.45, 2.75) is 58.4 Å². The Morgan fingerprint density at radius 2 is 1.79 bits per heavy atom. The van der Waals surface area contributed by atoms with Crippen LogP contribution in [0, 0.1) is 0 Å². The molecule has 1 aromatic carbocycles. The fraction of sp³-hybridized carbons (Fsp3) is 0.429. The lowest BCUT2D eigenvalue weighted by molar-refractivity contribution is -0.137. The topological polar surface area (TPSA) is 117 Å². The molecule has 0 fully saturated rings.